The van der Waals surface area contributed by atoms with Crippen molar-refractivity contribution < 1.29 is 14.5 Å². The van der Waals surface area contributed by atoms with E-state index in [9.17, 15) is 14.9 Å². The number of benzene rings is 1. The third-order valence-corrected chi connectivity index (χ3v) is 5.14. The highest BCUT2D eigenvalue weighted by Gasteiger charge is 2.50. The Morgan fingerprint density at radius 1 is 1.29 bits per heavy atom. The Morgan fingerprint density at radius 3 is 2.58 bits per heavy atom. The maximum atomic E-state index is 12.6. The van der Waals surface area contributed by atoms with Crippen LogP contribution >= 0.6 is 0 Å². The quantitative estimate of drug-likeness (QED) is 0.626. The first kappa shape index (κ1) is 16.7. The van der Waals surface area contributed by atoms with Gasteiger partial charge in [-0.15, -0.1) is 0 Å². The molecule has 1 aromatic rings. The van der Waals surface area contributed by atoms with Gasteiger partial charge in [0.15, 0.2) is 6.61 Å². The largest absolute Gasteiger partial charge is 0.484 e. The molecule has 1 saturated carbocycles. The summed E-state index contributed by atoms with van der Waals surface area (Å²) in [7, 11) is 0. The fourth-order valence-corrected chi connectivity index (χ4v) is 4.64. The van der Waals surface area contributed by atoms with Crippen molar-refractivity contribution in [1.29, 1.82) is 0 Å². The molecule has 24 heavy (non-hydrogen) atoms. The Morgan fingerprint density at radius 2 is 1.96 bits per heavy atom. The van der Waals surface area contributed by atoms with Gasteiger partial charge in [0.2, 0.25) is 0 Å². The third-order valence-electron chi connectivity index (χ3n) is 5.14. The molecular weight excluding hydrogens is 308 g/mol. The Hall–Kier alpha value is -2.11. The van der Waals surface area contributed by atoms with Crippen molar-refractivity contribution in [3.8, 4) is 5.75 Å². The third kappa shape index (κ3) is 3.37. The van der Waals surface area contributed by atoms with Gasteiger partial charge in [0.25, 0.3) is 11.6 Å². The van der Waals surface area contributed by atoms with Gasteiger partial charge >= 0.3 is 0 Å². The average molecular weight is 332 g/mol. The number of likely N-dealkylation sites (tertiary alicyclic amines) is 1. The van der Waals surface area contributed by atoms with Crippen LogP contribution in [0.2, 0.25) is 0 Å². The number of non-ortho nitro benzene ring substituents is 1. The molecule has 0 unspecified atom stereocenters. The number of amides is 1. The van der Waals surface area contributed by atoms with E-state index < -0.39 is 4.92 Å². The molecule has 1 aromatic carbocycles. The molecule has 0 radical (unpaired) electrons. The van der Waals surface area contributed by atoms with Gasteiger partial charge in [0.1, 0.15) is 5.75 Å². The smallest absolute Gasteiger partial charge is 0.269 e. The van der Waals surface area contributed by atoms with Crippen LogP contribution in [-0.4, -0.2) is 34.9 Å². The lowest BCUT2D eigenvalue weighted by Gasteiger charge is -2.39. The van der Waals surface area contributed by atoms with Gasteiger partial charge in [-0.2, -0.15) is 0 Å². The number of hydrogen-bond donors (Lipinski definition) is 0. The standard InChI is InChI=1S/C18H24N2O4/c1-17(2)8-14-9-18(3,11-17)12-19(14)16(21)10-24-15-6-4-13(5-7-15)20(22)23/h4-7,14H,8-12H2,1-3H3/t14-,18+/m1/s1. The van der Waals surface area contributed by atoms with E-state index in [1.54, 1.807) is 0 Å². The van der Waals surface area contributed by atoms with Gasteiger partial charge in [-0.3, -0.25) is 14.9 Å². The Bertz CT molecular complexity index is 655. The highest BCUT2D eigenvalue weighted by Crippen LogP contribution is 2.52. The minimum Gasteiger partial charge on any atom is -0.484 e. The second-order valence-corrected chi connectivity index (χ2v) is 8.28. The number of nitro groups is 1. The molecule has 1 aliphatic carbocycles. The summed E-state index contributed by atoms with van der Waals surface area (Å²) in [5, 5.41) is 10.6. The second kappa shape index (κ2) is 5.76. The average Bonchev–Trinajstić information content (AvgIpc) is 2.74. The molecule has 1 heterocycles. The summed E-state index contributed by atoms with van der Waals surface area (Å²) < 4.78 is 5.53. The molecule has 2 bridgehead atoms. The van der Waals surface area contributed by atoms with Crippen molar-refractivity contribution in [2.45, 2.75) is 46.1 Å². The number of fused-ring (bicyclic) bond motifs is 2. The zero-order chi connectivity index (χ0) is 17.5. The number of carbonyl (C=O) groups excluding carboxylic acids is 1. The predicted molar refractivity (Wildman–Crippen MR) is 89.8 cm³/mol. The number of nitrogens with zero attached hydrogens (tertiary/aromatic N) is 2. The van der Waals surface area contributed by atoms with Crippen LogP contribution in [0.4, 0.5) is 5.69 Å². The van der Waals surface area contributed by atoms with Crippen molar-refractivity contribution in [1.82, 2.24) is 4.90 Å². The van der Waals surface area contributed by atoms with Crippen LogP contribution < -0.4 is 4.74 Å². The number of nitro benzene ring substituents is 1. The lowest BCUT2D eigenvalue weighted by atomic mass is 9.65. The zero-order valence-corrected chi connectivity index (χ0v) is 14.4. The highest BCUT2D eigenvalue weighted by molar-refractivity contribution is 5.78. The van der Waals surface area contributed by atoms with Gasteiger partial charge in [-0.05, 0) is 42.2 Å². The summed E-state index contributed by atoms with van der Waals surface area (Å²) >= 11 is 0. The SMILES string of the molecule is CC1(C)C[C@@H]2C[C@](C)(CN2C(=O)COc2ccc([N+](=O)[O-])cc2)C1. The Kier molecular flexibility index (Phi) is 4.01. The minimum atomic E-state index is -0.457. The van der Waals surface area contributed by atoms with Crippen LogP contribution in [-0.2, 0) is 4.79 Å². The van der Waals surface area contributed by atoms with Gasteiger partial charge in [0.05, 0.1) is 4.92 Å². The van der Waals surface area contributed by atoms with Crippen LogP contribution in [0, 0.1) is 20.9 Å². The number of hydrogen-bond acceptors (Lipinski definition) is 4. The topological polar surface area (TPSA) is 72.7 Å². The molecular formula is C18H24N2O4. The van der Waals surface area contributed by atoms with E-state index in [0.717, 1.165) is 25.8 Å². The van der Waals surface area contributed by atoms with E-state index in [1.807, 2.05) is 4.90 Å². The fourth-order valence-electron chi connectivity index (χ4n) is 4.64. The lowest BCUT2D eigenvalue weighted by Crippen LogP contribution is -2.40. The van der Waals surface area contributed by atoms with Crippen LogP contribution in [0.15, 0.2) is 24.3 Å². The number of carbonyl (C=O) groups is 1. The first-order valence-corrected chi connectivity index (χ1v) is 8.34. The second-order valence-electron chi connectivity index (χ2n) is 8.28. The van der Waals surface area contributed by atoms with Crippen molar-refractivity contribution in [2.24, 2.45) is 10.8 Å². The molecule has 2 fully saturated rings. The van der Waals surface area contributed by atoms with E-state index >= 15 is 0 Å². The summed E-state index contributed by atoms with van der Waals surface area (Å²) in [6.07, 6.45) is 3.25. The summed E-state index contributed by atoms with van der Waals surface area (Å²) in [5.41, 5.74) is 0.485. The number of ether oxygens (including phenoxy) is 1. The van der Waals surface area contributed by atoms with E-state index in [4.69, 9.17) is 4.74 Å². The highest BCUT2D eigenvalue weighted by atomic mass is 16.6. The maximum Gasteiger partial charge on any atom is 0.269 e. The van der Waals surface area contributed by atoms with Crippen LogP contribution in [0.3, 0.4) is 0 Å². The number of rotatable bonds is 4. The van der Waals surface area contributed by atoms with Gasteiger partial charge in [-0.25, -0.2) is 0 Å². The summed E-state index contributed by atoms with van der Waals surface area (Å²) in [6.45, 7) is 7.59. The van der Waals surface area contributed by atoms with Crippen molar-refractivity contribution in [3.63, 3.8) is 0 Å². The molecule has 6 nitrogen and oxygen atoms in total. The first-order valence-electron chi connectivity index (χ1n) is 8.34. The molecule has 2 atom stereocenters. The Labute approximate surface area is 141 Å². The molecule has 0 spiro atoms. The molecule has 0 aromatic heterocycles. The molecule has 3 rings (SSSR count). The van der Waals surface area contributed by atoms with Crippen LogP contribution in [0.25, 0.3) is 0 Å². The summed E-state index contributed by atoms with van der Waals surface area (Å²) in [5.74, 6) is 0.474. The van der Waals surface area contributed by atoms with Crippen molar-refractivity contribution >= 4 is 11.6 Å². The van der Waals surface area contributed by atoms with Crippen LogP contribution in [0.1, 0.15) is 40.0 Å². The maximum absolute atomic E-state index is 12.6. The lowest BCUT2D eigenvalue weighted by molar-refractivity contribution is -0.384. The monoisotopic (exact) mass is 332 g/mol. The molecule has 130 valence electrons. The summed E-state index contributed by atoms with van der Waals surface area (Å²) in [6, 6.07) is 6.11. The summed E-state index contributed by atoms with van der Waals surface area (Å²) in [4.78, 5) is 24.7. The molecule has 0 N–H and O–H groups in total. The van der Waals surface area contributed by atoms with Crippen molar-refractivity contribution in [2.75, 3.05) is 13.2 Å². The van der Waals surface area contributed by atoms with E-state index in [1.165, 1.54) is 24.3 Å². The first-order chi connectivity index (χ1) is 11.2. The Balaban J connectivity index is 1.61. The van der Waals surface area contributed by atoms with E-state index in [2.05, 4.69) is 20.8 Å². The molecule has 1 aliphatic heterocycles. The molecule has 6 heteroatoms. The normalized spacial score (nSPS) is 27.8. The minimum absolute atomic E-state index is 0.000206. The fraction of sp³-hybridized carbons (Fsp3) is 0.611. The molecule has 1 amide bonds. The molecule has 1 saturated heterocycles. The van der Waals surface area contributed by atoms with Crippen LogP contribution in [0.5, 0.6) is 5.75 Å². The van der Waals surface area contributed by atoms with Gasteiger partial charge in [0, 0.05) is 24.7 Å². The van der Waals surface area contributed by atoms with E-state index in [0.29, 0.717) is 11.8 Å². The van der Waals surface area contributed by atoms with Gasteiger partial charge in [-0.1, -0.05) is 20.8 Å². The van der Waals surface area contributed by atoms with E-state index in [-0.39, 0.29) is 29.0 Å². The molecule has 2 aliphatic rings. The zero-order valence-electron chi connectivity index (χ0n) is 14.4. The van der Waals surface area contributed by atoms with Gasteiger partial charge < -0.3 is 9.64 Å². The van der Waals surface area contributed by atoms with Crippen molar-refractivity contribution in [3.05, 3.63) is 34.4 Å². The predicted octanol–water partition coefficient (Wildman–Crippen LogP) is 3.40.